The predicted octanol–water partition coefficient (Wildman–Crippen LogP) is 2.89. The highest BCUT2D eigenvalue weighted by atomic mass is 15.1. The second-order valence-corrected chi connectivity index (χ2v) is 5.36. The second-order valence-electron chi connectivity index (χ2n) is 5.36. The van der Waals surface area contributed by atoms with Crippen LogP contribution in [0.15, 0.2) is 0 Å². The minimum absolute atomic E-state index is 0.585. The van der Waals surface area contributed by atoms with Gasteiger partial charge in [-0.25, -0.2) is 0 Å². The first-order valence-electron chi connectivity index (χ1n) is 7.19. The molecule has 0 aromatic rings. The molecule has 0 saturated heterocycles. The lowest BCUT2D eigenvalue weighted by Gasteiger charge is -2.35. The third kappa shape index (κ3) is 4.06. The third-order valence-corrected chi connectivity index (χ3v) is 3.96. The Morgan fingerprint density at radius 2 is 1.81 bits per heavy atom. The molecule has 0 unspecified atom stereocenters. The van der Waals surface area contributed by atoms with Crippen molar-refractivity contribution in [2.24, 2.45) is 5.41 Å². The molecule has 0 aromatic heterocycles. The van der Waals surface area contributed by atoms with Gasteiger partial charge in [-0.3, -0.25) is 0 Å². The Kier molecular flexibility index (Phi) is 6.37. The summed E-state index contributed by atoms with van der Waals surface area (Å²) in [7, 11) is 0. The molecule has 2 nitrogen and oxygen atoms in total. The molecule has 96 valence electrons. The molecule has 0 radical (unpaired) electrons. The van der Waals surface area contributed by atoms with Crippen molar-refractivity contribution < 1.29 is 0 Å². The van der Waals surface area contributed by atoms with Gasteiger partial charge in [-0.15, -0.1) is 0 Å². The van der Waals surface area contributed by atoms with Crippen LogP contribution in [0.25, 0.3) is 0 Å². The molecule has 0 spiro atoms. The zero-order chi connectivity index (χ0) is 11.9. The molecule has 1 fully saturated rings. The van der Waals surface area contributed by atoms with E-state index in [4.69, 9.17) is 0 Å². The average Bonchev–Trinajstić information content (AvgIpc) is 2.75. The van der Waals surface area contributed by atoms with E-state index in [0.29, 0.717) is 5.41 Å². The molecule has 1 rings (SSSR count). The van der Waals surface area contributed by atoms with Gasteiger partial charge in [0.25, 0.3) is 0 Å². The van der Waals surface area contributed by atoms with Crippen molar-refractivity contribution in [1.29, 1.82) is 0 Å². The van der Waals surface area contributed by atoms with E-state index in [0.717, 1.165) is 6.54 Å². The molecule has 2 heteroatoms. The maximum Gasteiger partial charge on any atom is 0.00500 e. The molecule has 0 aromatic carbocycles. The summed E-state index contributed by atoms with van der Waals surface area (Å²) in [6.07, 6.45) is 7.02. The fraction of sp³-hybridized carbons (Fsp3) is 1.00. The smallest absolute Gasteiger partial charge is 0.00500 e. The number of nitrogens with one attached hydrogen (secondary N) is 1. The normalized spacial score (nSPS) is 19.5. The standard InChI is InChI=1S/C14H30N2/c1-4-11-16(6-3)13-14(12-15-5-2)9-7-8-10-14/h15H,4-13H2,1-3H3. The van der Waals surface area contributed by atoms with Crippen LogP contribution in [0, 0.1) is 5.41 Å². The topological polar surface area (TPSA) is 15.3 Å². The fourth-order valence-electron chi connectivity index (χ4n) is 3.05. The zero-order valence-corrected chi connectivity index (χ0v) is 11.5. The van der Waals surface area contributed by atoms with Crippen molar-refractivity contribution in [3.63, 3.8) is 0 Å². The Balaban J connectivity index is 2.48. The Morgan fingerprint density at radius 3 is 2.31 bits per heavy atom. The van der Waals surface area contributed by atoms with Gasteiger partial charge in [-0.05, 0) is 44.3 Å². The molecular weight excluding hydrogens is 196 g/mol. The largest absolute Gasteiger partial charge is 0.316 e. The summed E-state index contributed by atoms with van der Waals surface area (Å²) in [6.45, 7) is 12.9. The van der Waals surface area contributed by atoms with Crippen molar-refractivity contribution in [3.05, 3.63) is 0 Å². The SMILES string of the molecule is CCCN(CC)CC1(CNCC)CCCC1. The van der Waals surface area contributed by atoms with Gasteiger partial charge in [-0.1, -0.05) is 33.6 Å². The van der Waals surface area contributed by atoms with E-state index in [1.807, 2.05) is 0 Å². The first kappa shape index (κ1) is 14.0. The molecule has 16 heavy (non-hydrogen) atoms. The minimum Gasteiger partial charge on any atom is -0.316 e. The lowest BCUT2D eigenvalue weighted by atomic mass is 9.85. The minimum atomic E-state index is 0.585. The molecule has 0 bridgehead atoms. The van der Waals surface area contributed by atoms with Gasteiger partial charge >= 0.3 is 0 Å². The Hall–Kier alpha value is -0.0800. The van der Waals surface area contributed by atoms with Gasteiger partial charge in [0.05, 0.1) is 0 Å². The highest BCUT2D eigenvalue weighted by Crippen LogP contribution is 2.38. The highest BCUT2D eigenvalue weighted by Gasteiger charge is 2.34. The summed E-state index contributed by atoms with van der Waals surface area (Å²) >= 11 is 0. The Labute approximate surface area is 102 Å². The summed E-state index contributed by atoms with van der Waals surface area (Å²) in [5, 5.41) is 3.58. The summed E-state index contributed by atoms with van der Waals surface area (Å²) in [4.78, 5) is 2.64. The molecule has 1 aliphatic carbocycles. The van der Waals surface area contributed by atoms with E-state index in [2.05, 4.69) is 31.0 Å². The zero-order valence-electron chi connectivity index (χ0n) is 11.5. The van der Waals surface area contributed by atoms with Gasteiger partial charge in [0, 0.05) is 13.1 Å². The van der Waals surface area contributed by atoms with E-state index < -0.39 is 0 Å². The molecule has 1 saturated carbocycles. The number of rotatable bonds is 8. The van der Waals surface area contributed by atoms with Crippen LogP contribution in [0.3, 0.4) is 0 Å². The fourth-order valence-corrected chi connectivity index (χ4v) is 3.05. The average molecular weight is 226 g/mol. The Bertz CT molecular complexity index is 174. The van der Waals surface area contributed by atoms with E-state index >= 15 is 0 Å². The molecule has 1 N–H and O–H groups in total. The summed E-state index contributed by atoms with van der Waals surface area (Å²) in [5.41, 5.74) is 0.585. The van der Waals surface area contributed by atoms with Crippen LogP contribution < -0.4 is 5.32 Å². The van der Waals surface area contributed by atoms with Gasteiger partial charge in [0.15, 0.2) is 0 Å². The Morgan fingerprint density at radius 1 is 1.12 bits per heavy atom. The second kappa shape index (κ2) is 7.29. The molecule has 0 heterocycles. The van der Waals surface area contributed by atoms with E-state index in [-0.39, 0.29) is 0 Å². The van der Waals surface area contributed by atoms with Crippen LogP contribution in [0.5, 0.6) is 0 Å². The van der Waals surface area contributed by atoms with Crippen LogP contribution in [0.1, 0.15) is 52.9 Å². The summed E-state index contributed by atoms with van der Waals surface area (Å²) in [5.74, 6) is 0. The quantitative estimate of drug-likeness (QED) is 0.684. The molecule has 0 aliphatic heterocycles. The number of hydrogen-bond acceptors (Lipinski definition) is 2. The summed E-state index contributed by atoms with van der Waals surface area (Å²) in [6, 6.07) is 0. The van der Waals surface area contributed by atoms with Gasteiger partial charge in [0.1, 0.15) is 0 Å². The highest BCUT2D eigenvalue weighted by molar-refractivity contribution is 4.89. The van der Waals surface area contributed by atoms with Crippen molar-refractivity contribution in [1.82, 2.24) is 10.2 Å². The number of nitrogens with zero attached hydrogens (tertiary/aromatic N) is 1. The molecular formula is C14H30N2. The van der Waals surface area contributed by atoms with Gasteiger partial charge in [0.2, 0.25) is 0 Å². The molecule has 0 amide bonds. The van der Waals surface area contributed by atoms with Crippen LogP contribution in [-0.4, -0.2) is 37.6 Å². The monoisotopic (exact) mass is 226 g/mol. The third-order valence-electron chi connectivity index (χ3n) is 3.96. The summed E-state index contributed by atoms with van der Waals surface area (Å²) < 4.78 is 0. The van der Waals surface area contributed by atoms with E-state index in [1.54, 1.807) is 0 Å². The van der Waals surface area contributed by atoms with Crippen molar-refractivity contribution >= 4 is 0 Å². The first-order valence-corrected chi connectivity index (χ1v) is 7.19. The van der Waals surface area contributed by atoms with Crippen molar-refractivity contribution in [2.75, 3.05) is 32.7 Å². The predicted molar refractivity (Wildman–Crippen MR) is 71.8 cm³/mol. The maximum atomic E-state index is 3.58. The van der Waals surface area contributed by atoms with Gasteiger partial charge < -0.3 is 10.2 Å². The van der Waals surface area contributed by atoms with Crippen molar-refractivity contribution in [2.45, 2.75) is 52.9 Å². The van der Waals surface area contributed by atoms with E-state index in [9.17, 15) is 0 Å². The lowest BCUT2D eigenvalue weighted by molar-refractivity contribution is 0.154. The first-order chi connectivity index (χ1) is 7.76. The maximum absolute atomic E-state index is 3.58. The van der Waals surface area contributed by atoms with Gasteiger partial charge in [-0.2, -0.15) is 0 Å². The van der Waals surface area contributed by atoms with Crippen LogP contribution in [0.2, 0.25) is 0 Å². The molecule has 1 aliphatic rings. The molecule has 0 atom stereocenters. The van der Waals surface area contributed by atoms with Crippen molar-refractivity contribution in [3.8, 4) is 0 Å². The van der Waals surface area contributed by atoms with Crippen LogP contribution >= 0.6 is 0 Å². The van der Waals surface area contributed by atoms with E-state index in [1.165, 1.54) is 58.3 Å². The van der Waals surface area contributed by atoms with Crippen LogP contribution in [0.4, 0.5) is 0 Å². The lowest BCUT2D eigenvalue weighted by Crippen LogP contribution is -2.42. The van der Waals surface area contributed by atoms with Crippen LogP contribution in [-0.2, 0) is 0 Å². The number of hydrogen-bond donors (Lipinski definition) is 1.